The highest BCUT2D eigenvalue weighted by atomic mass is 35.5. The maximum absolute atomic E-state index is 13.7. The molecule has 0 bridgehead atoms. The monoisotopic (exact) mass is 333 g/mol. The van der Waals surface area contributed by atoms with Crippen molar-refractivity contribution in [3.05, 3.63) is 29.8 Å². The number of nitrogens with zero attached hydrogens (tertiary/aromatic N) is 2. The first-order chi connectivity index (χ1) is 10.0. The van der Waals surface area contributed by atoms with E-state index in [-0.39, 0.29) is 24.0 Å². The molecule has 1 aromatic carbocycles. The van der Waals surface area contributed by atoms with E-state index in [9.17, 15) is 13.6 Å². The Bertz CT molecular complexity index is 508. The number of halogens is 3. The van der Waals surface area contributed by atoms with Gasteiger partial charge in [-0.1, -0.05) is 13.3 Å². The van der Waals surface area contributed by atoms with E-state index >= 15 is 0 Å². The molecule has 7 heteroatoms. The van der Waals surface area contributed by atoms with Crippen LogP contribution in [0.15, 0.2) is 18.2 Å². The lowest BCUT2D eigenvalue weighted by Gasteiger charge is -2.37. The second kappa shape index (κ2) is 8.29. The Kier molecular flexibility index (Phi) is 7.03. The lowest BCUT2D eigenvalue weighted by Crippen LogP contribution is -2.53. The molecule has 2 N–H and O–H groups in total. The summed E-state index contributed by atoms with van der Waals surface area (Å²) in [7, 11) is 0. The number of rotatable bonds is 4. The molecule has 0 saturated carbocycles. The Labute approximate surface area is 135 Å². The summed E-state index contributed by atoms with van der Waals surface area (Å²) in [5.41, 5.74) is 6.08. The zero-order valence-corrected chi connectivity index (χ0v) is 13.4. The zero-order chi connectivity index (χ0) is 15.4. The van der Waals surface area contributed by atoms with Gasteiger partial charge in [-0.15, -0.1) is 12.4 Å². The normalized spacial score (nSPS) is 16.2. The zero-order valence-electron chi connectivity index (χ0n) is 12.6. The molecule has 0 radical (unpaired) electrons. The van der Waals surface area contributed by atoms with Gasteiger partial charge in [0.1, 0.15) is 11.6 Å². The fraction of sp³-hybridized carbons (Fsp3) is 0.533. The molecular formula is C15H22ClF2N3O. The molecule has 1 fully saturated rings. The lowest BCUT2D eigenvalue weighted by molar-refractivity contribution is -0.133. The molecule has 0 spiro atoms. The number of carbonyl (C=O) groups excluding carboxylic acids is 1. The van der Waals surface area contributed by atoms with Gasteiger partial charge in [-0.2, -0.15) is 0 Å². The van der Waals surface area contributed by atoms with Crippen LogP contribution < -0.4 is 10.6 Å². The third-order valence-electron chi connectivity index (χ3n) is 3.76. The summed E-state index contributed by atoms with van der Waals surface area (Å²) >= 11 is 0. The van der Waals surface area contributed by atoms with Gasteiger partial charge in [0.2, 0.25) is 5.91 Å². The van der Waals surface area contributed by atoms with Crippen molar-refractivity contribution in [1.82, 2.24) is 4.90 Å². The summed E-state index contributed by atoms with van der Waals surface area (Å²) in [4.78, 5) is 15.6. The standard InChI is InChI=1S/C15H21F2N3O.ClH/c1-2-3-13(18)15(21)20-8-6-19(7-9-20)14-10-11(16)4-5-12(14)17;/h4-5,10,13H,2-3,6-9,18H2,1H3;1H. The van der Waals surface area contributed by atoms with Gasteiger partial charge in [0.15, 0.2) is 0 Å². The van der Waals surface area contributed by atoms with Gasteiger partial charge >= 0.3 is 0 Å². The minimum absolute atomic E-state index is 0. The quantitative estimate of drug-likeness (QED) is 0.918. The molecule has 22 heavy (non-hydrogen) atoms. The number of nitrogens with two attached hydrogens (primary N) is 1. The van der Waals surface area contributed by atoms with Gasteiger partial charge in [0.25, 0.3) is 0 Å². The summed E-state index contributed by atoms with van der Waals surface area (Å²) in [6, 6.07) is 2.95. The lowest BCUT2D eigenvalue weighted by atomic mass is 10.1. The van der Waals surface area contributed by atoms with Gasteiger partial charge in [0, 0.05) is 32.2 Å². The van der Waals surface area contributed by atoms with Gasteiger partial charge in [-0.25, -0.2) is 8.78 Å². The van der Waals surface area contributed by atoms with E-state index in [1.54, 1.807) is 9.80 Å². The summed E-state index contributed by atoms with van der Waals surface area (Å²) < 4.78 is 27.0. The topological polar surface area (TPSA) is 49.6 Å². The molecule has 1 aromatic rings. The SMILES string of the molecule is CCCC(N)C(=O)N1CCN(c2cc(F)ccc2F)CC1.Cl. The van der Waals surface area contributed by atoms with Crippen molar-refractivity contribution in [1.29, 1.82) is 0 Å². The second-order valence-corrected chi connectivity index (χ2v) is 5.30. The van der Waals surface area contributed by atoms with E-state index in [0.717, 1.165) is 18.6 Å². The number of carbonyl (C=O) groups is 1. The molecule has 1 saturated heterocycles. The molecular weight excluding hydrogens is 312 g/mol. The molecule has 124 valence electrons. The van der Waals surface area contributed by atoms with Crippen LogP contribution in [0.2, 0.25) is 0 Å². The van der Waals surface area contributed by atoms with Gasteiger partial charge in [-0.05, 0) is 18.6 Å². The van der Waals surface area contributed by atoms with Crippen molar-refractivity contribution in [2.45, 2.75) is 25.8 Å². The van der Waals surface area contributed by atoms with Crippen LogP contribution in [0, 0.1) is 11.6 Å². The number of benzene rings is 1. The smallest absolute Gasteiger partial charge is 0.239 e. The highest BCUT2D eigenvalue weighted by Gasteiger charge is 2.25. The fourth-order valence-electron chi connectivity index (χ4n) is 2.56. The Hall–Kier alpha value is -1.40. The average molecular weight is 334 g/mol. The molecule has 1 unspecified atom stereocenters. The third-order valence-corrected chi connectivity index (χ3v) is 3.76. The van der Waals surface area contributed by atoms with E-state index in [1.807, 2.05) is 6.92 Å². The van der Waals surface area contributed by atoms with Gasteiger partial charge in [0.05, 0.1) is 11.7 Å². The van der Waals surface area contributed by atoms with Crippen molar-refractivity contribution in [3.8, 4) is 0 Å². The third kappa shape index (κ3) is 4.30. The molecule has 1 heterocycles. The van der Waals surface area contributed by atoms with Crippen LogP contribution in [0.5, 0.6) is 0 Å². The molecule has 1 aliphatic heterocycles. The van der Waals surface area contributed by atoms with E-state index in [0.29, 0.717) is 32.6 Å². The maximum Gasteiger partial charge on any atom is 0.239 e. The summed E-state index contributed by atoms with van der Waals surface area (Å²) in [6.07, 6.45) is 1.53. The fourth-order valence-corrected chi connectivity index (χ4v) is 2.56. The molecule has 0 aromatic heterocycles. The van der Waals surface area contributed by atoms with E-state index < -0.39 is 17.7 Å². The van der Waals surface area contributed by atoms with Gasteiger partial charge < -0.3 is 15.5 Å². The molecule has 1 aliphatic rings. The molecule has 1 atom stereocenters. The Morgan fingerprint density at radius 2 is 1.91 bits per heavy atom. The number of hydrogen-bond acceptors (Lipinski definition) is 3. The van der Waals surface area contributed by atoms with Crippen LogP contribution in [0.25, 0.3) is 0 Å². The van der Waals surface area contributed by atoms with Crippen molar-refractivity contribution in [2.24, 2.45) is 5.73 Å². The Balaban J connectivity index is 0.00000242. The highest BCUT2D eigenvalue weighted by molar-refractivity contribution is 5.85. The van der Waals surface area contributed by atoms with Gasteiger partial charge in [-0.3, -0.25) is 4.79 Å². The summed E-state index contributed by atoms with van der Waals surface area (Å²) in [6.45, 7) is 3.89. The summed E-state index contributed by atoms with van der Waals surface area (Å²) in [5, 5.41) is 0. The van der Waals surface area contributed by atoms with Crippen molar-refractivity contribution >= 4 is 24.0 Å². The van der Waals surface area contributed by atoms with Crippen molar-refractivity contribution < 1.29 is 13.6 Å². The number of anilines is 1. The first-order valence-electron chi connectivity index (χ1n) is 7.27. The summed E-state index contributed by atoms with van der Waals surface area (Å²) in [5.74, 6) is -0.968. The Morgan fingerprint density at radius 3 is 2.50 bits per heavy atom. The predicted octanol–water partition coefficient (Wildman–Crippen LogP) is 2.16. The van der Waals surface area contributed by atoms with Crippen molar-refractivity contribution in [3.63, 3.8) is 0 Å². The highest BCUT2D eigenvalue weighted by Crippen LogP contribution is 2.22. The van der Waals surface area contributed by atoms with E-state index in [4.69, 9.17) is 5.73 Å². The average Bonchev–Trinajstić information content (AvgIpc) is 2.49. The molecule has 4 nitrogen and oxygen atoms in total. The van der Waals surface area contributed by atoms with Crippen LogP contribution in [-0.2, 0) is 4.79 Å². The van der Waals surface area contributed by atoms with E-state index in [2.05, 4.69) is 0 Å². The van der Waals surface area contributed by atoms with Crippen LogP contribution in [-0.4, -0.2) is 43.0 Å². The number of piperazine rings is 1. The maximum atomic E-state index is 13.7. The van der Waals surface area contributed by atoms with Crippen LogP contribution in [0.3, 0.4) is 0 Å². The van der Waals surface area contributed by atoms with Crippen LogP contribution >= 0.6 is 12.4 Å². The minimum Gasteiger partial charge on any atom is -0.366 e. The predicted molar refractivity (Wildman–Crippen MR) is 85.3 cm³/mol. The number of hydrogen-bond donors (Lipinski definition) is 1. The number of amides is 1. The molecule has 2 rings (SSSR count). The van der Waals surface area contributed by atoms with E-state index in [1.165, 1.54) is 6.07 Å². The largest absolute Gasteiger partial charge is 0.366 e. The Morgan fingerprint density at radius 1 is 1.27 bits per heavy atom. The van der Waals surface area contributed by atoms with Crippen LogP contribution in [0.1, 0.15) is 19.8 Å². The second-order valence-electron chi connectivity index (χ2n) is 5.30. The first-order valence-corrected chi connectivity index (χ1v) is 7.27. The molecule has 1 amide bonds. The molecule has 0 aliphatic carbocycles. The first kappa shape index (κ1) is 18.6. The minimum atomic E-state index is -0.465. The van der Waals surface area contributed by atoms with Crippen LogP contribution in [0.4, 0.5) is 14.5 Å². The van der Waals surface area contributed by atoms with Crippen molar-refractivity contribution in [2.75, 3.05) is 31.1 Å².